The lowest BCUT2D eigenvalue weighted by Crippen LogP contribution is -2.44. The Balaban J connectivity index is 2.02. The van der Waals surface area contributed by atoms with Crippen LogP contribution in [0.1, 0.15) is 12.6 Å². The summed E-state index contributed by atoms with van der Waals surface area (Å²) in [6, 6.07) is 9.00. The summed E-state index contributed by atoms with van der Waals surface area (Å²) in [5.41, 5.74) is 1.81. The first-order valence-electron chi connectivity index (χ1n) is 6.98. The van der Waals surface area contributed by atoms with Gasteiger partial charge in [0, 0.05) is 18.0 Å². The molecule has 0 radical (unpaired) electrons. The summed E-state index contributed by atoms with van der Waals surface area (Å²) in [5, 5.41) is 2.80. The van der Waals surface area contributed by atoms with Crippen LogP contribution in [0.4, 0.5) is 0 Å². The van der Waals surface area contributed by atoms with Gasteiger partial charge in [0.25, 0.3) is 0 Å². The molecular weight excluding hydrogens is 334 g/mol. The van der Waals surface area contributed by atoms with Gasteiger partial charge in [0.1, 0.15) is 5.01 Å². The number of likely N-dealkylation sites (N-methyl/N-ethyl adjacent to an activating group) is 1. The summed E-state index contributed by atoms with van der Waals surface area (Å²) in [5.74, 6) is -0.301. The molecule has 1 N–H and O–H groups in total. The Bertz CT molecular complexity index is 772. The van der Waals surface area contributed by atoms with Gasteiger partial charge in [-0.25, -0.2) is 18.1 Å². The fourth-order valence-electron chi connectivity index (χ4n) is 2.12. The van der Waals surface area contributed by atoms with Gasteiger partial charge in [-0.3, -0.25) is 4.79 Å². The Labute approximate surface area is 140 Å². The number of nitrogens with zero attached hydrogens (tertiary/aromatic N) is 2. The highest BCUT2D eigenvalue weighted by Crippen LogP contribution is 2.23. The van der Waals surface area contributed by atoms with Crippen LogP contribution in [0.15, 0.2) is 35.7 Å². The van der Waals surface area contributed by atoms with E-state index in [1.165, 1.54) is 23.2 Å². The van der Waals surface area contributed by atoms with Crippen LogP contribution in [0.25, 0.3) is 10.6 Å². The Morgan fingerprint density at radius 2 is 2.00 bits per heavy atom. The third-order valence-electron chi connectivity index (χ3n) is 3.11. The standard InChI is InChI=1S/C15H19N3O3S2/c1-11(17-23(3,20)21)15(19)18(2)9-13-10-22-14(16-13)12-7-5-4-6-8-12/h4-8,10-11,17H,9H2,1-3H3/t11-/m0/s1. The molecule has 2 aromatic rings. The summed E-state index contributed by atoms with van der Waals surface area (Å²) in [6.45, 7) is 1.86. The lowest BCUT2D eigenvalue weighted by Gasteiger charge is -2.20. The second-order valence-electron chi connectivity index (χ2n) is 5.32. The van der Waals surface area contributed by atoms with Crippen molar-refractivity contribution in [1.82, 2.24) is 14.6 Å². The fourth-order valence-corrected chi connectivity index (χ4v) is 3.68. The largest absolute Gasteiger partial charge is 0.338 e. The maximum atomic E-state index is 12.2. The normalized spacial score (nSPS) is 12.8. The minimum atomic E-state index is -3.42. The molecule has 1 atom stereocenters. The fraction of sp³-hybridized carbons (Fsp3) is 0.333. The SMILES string of the molecule is C[C@H](NS(C)(=O)=O)C(=O)N(C)Cc1csc(-c2ccccc2)n1. The average molecular weight is 353 g/mol. The molecule has 23 heavy (non-hydrogen) atoms. The minimum absolute atomic E-state index is 0.301. The van der Waals surface area contributed by atoms with Gasteiger partial charge in [0.15, 0.2) is 0 Å². The predicted molar refractivity (Wildman–Crippen MR) is 91.5 cm³/mol. The molecule has 124 valence electrons. The molecule has 1 heterocycles. The second-order valence-corrected chi connectivity index (χ2v) is 7.95. The van der Waals surface area contributed by atoms with Crippen molar-refractivity contribution in [3.63, 3.8) is 0 Å². The lowest BCUT2D eigenvalue weighted by atomic mass is 10.2. The van der Waals surface area contributed by atoms with E-state index < -0.39 is 16.1 Å². The first-order chi connectivity index (χ1) is 10.8. The van der Waals surface area contributed by atoms with E-state index in [9.17, 15) is 13.2 Å². The predicted octanol–water partition coefficient (Wildman–Crippen LogP) is 1.71. The highest BCUT2D eigenvalue weighted by molar-refractivity contribution is 7.88. The molecular formula is C15H19N3O3S2. The second kappa shape index (κ2) is 7.20. The number of thiazole rings is 1. The van der Waals surface area contributed by atoms with Crippen molar-refractivity contribution in [2.75, 3.05) is 13.3 Å². The first kappa shape index (κ1) is 17.6. The summed E-state index contributed by atoms with van der Waals surface area (Å²) in [7, 11) is -1.79. The molecule has 1 aromatic carbocycles. The number of aromatic nitrogens is 1. The van der Waals surface area contributed by atoms with Crippen LogP contribution in [0.3, 0.4) is 0 Å². The van der Waals surface area contributed by atoms with E-state index in [0.29, 0.717) is 6.54 Å². The monoisotopic (exact) mass is 353 g/mol. The van der Waals surface area contributed by atoms with Gasteiger partial charge < -0.3 is 4.90 Å². The zero-order valence-electron chi connectivity index (χ0n) is 13.2. The Hall–Kier alpha value is -1.77. The van der Waals surface area contributed by atoms with E-state index in [1.54, 1.807) is 7.05 Å². The van der Waals surface area contributed by atoms with Crippen molar-refractivity contribution < 1.29 is 13.2 Å². The smallest absolute Gasteiger partial charge is 0.240 e. The van der Waals surface area contributed by atoms with E-state index in [2.05, 4.69) is 9.71 Å². The molecule has 6 nitrogen and oxygen atoms in total. The molecule has 8 heteroatoms. The molecule has 0 aliphatic carbocycles. The molecule has 0 saturated carbocycles. The topological polar surface area (TPSA) is 79.4 Å². The summed E-state index contributed by atoms with van der Waals surface area (Å²) >= 11 is 1.51. The van der Waals surface area contributed by atoms with Crippen molar-refractivity contribution in [3.05, 3.63) is 41.4 Å². The summed E-state index contributed by atoms with van der Waals surface area (Å²) in [4.78, 5) is 18.2. The third kappa shape index (κ3) is 5.12. The Morgan fingerprint density at radius 1 is 1.35 bits per heavy atom. The van der Waals surface area contributed by atoms with Crippen LogP contribution in [0.5, 0.6) is 0 Å². The molecule has 0 aliphatic rings. The van der Waals surface area contributed by atoms with E-state index >= 15 is 0 Å². The number of nitrogens with one attached hydrogen (secondary N) is 1. The number of hydrogen-bond acceptors (Lipinski definition) is 5. The van der Waals surface area contributed by atoms with Crippen LogP contribution in [-0.4, -0.2) is 43.6 Å². The van der Waals surface area contributed by atoms with Crippen molar-refractivity contribution in [1.29, 1.82) is 0 Å². The van der Waals surface area contributed by atoms with Gasteiger partial charge in [-0.1, -0.05) is 30.3 Å². The maximum absolute atomic E-state index is 12.2. The number of hydrogen-bond donors (Lipinski definition) is 1. The van der Waals surface area contributed by atoms with Crippen LogP contribution in [0, 0.1) is 0 Å². The van der Waals surface area contributed by atoms with Gasteiger partial charge in [0.05, 0.1) is 24.5 Å². The average Bonchev–Trinajstić information content (AvgIpc) is 2.94. The van der Waals surface area contributed by atoms with Crippen LogP contribution in [-0.2, 0) is 21.4 Å². The highest BCUT2D eigenvalue weighted by Gasteiger charge is 2.21. The third-order valence-corrected chi connectivity index (χ3v) is 4.83. The summed E-state index contributed by atoms with van der Waals surface area (Å²) in [6.07, 6.45) is 1.03. The molecule has 1 amide bonds. The van der Waals surface area contributed by atoms with Gasteiger partial charge in [-0.05, 0) is 6.92 Å². The zero-order chi connectivity index (χ0) is 17.0. The van der Waals surface area contributed by atoms with Gasteiger partial charge in [0.2, 0.25) is 15.9 Å². The van der Waals surface area contributed by atoms with Crippen molar-refractivity contribution in [2.45, 2.75) is 19.5 Å². The van der Waals surface area contributed by atoms with Crippen LogP contribution < -0.4 is 4.72 Å². The van der Waals surface area contributed by atoms with E-state index in [-0.39, 0.29) is 5.91 Å². The molecule has 2 rings (SSSR count). The van der Waals surface area contributed by atoms with Gasteiger partial charge >= 0.3 is 0 Å². The Kier molecular flexibility index (Phi) is 5.51. The van der Waals surface area contributed by atoms with Crippen LogP contribution >= 0.6 is 11.3 Å². The van der Waals surface area contributed by atoms with Gasteiger partial charge in [-0.2, -0.15) is 0 Å². The van der Waals surface area contributed by atoms with Crippen molar-refractivity contribution in [2.24, 2.45) is 0 Å². The van der Waals surface area contributed by atoms with E-state index in [4.69, 9.17) is 0 Å². The van der Waals surface area contributed by atoms with E-state index in [1.807, 2.05) is 35.7 Å². The number of carbonyl (C=O) groups is 1. The minimum Gasteiger partial charge on any atom is -0.338 e. The summed E-state index contributed by atoms with van der Waals surface area (Å²) < 4.78 is 24.7. The molecule has 0 unspecified atom stereocenters. The first-order valence-corrected chi connectivity index (χ1v) is 9.75. The lowest BCUT2D eigenvalue weighted by molar-refractivity contribution is -0.131. The molecule has 0 saturated heterocycles. The number of amides is 1. The Morgan fingerprint density at radius 3 is 2.61 bits per heavy atom. The molecule has 0 bridgehead atoms. The molecule has 1 aromatic heterocycles. The van der Waals surface area contributed by atoms with Crippen molar-refractivity contribution in [3.8, 4) is 10.6 Å². The zero-order valence-corrected chi connectivity index (χ0v) is 14.8. The van der Waals surface area contributed by atoms with Crippen LogP contribution in [0.2, 0.25) is 0 Å². The number of benzene rings is 1. The quantitative estimate of drug-likeness (QED) is 0.857. The number of rotatable bonds is 6. The van der Waals surface area contributed by atoms with Gasteiger partial charge in [-0.15, -0.1) is 11.3 Å². The number of carbonyl (C=O) groups excluding carboxylic acids is 1. The van der Waals surface area contributed by atoms with Crippen molar-refractivity contribution >= 4 is 27.3 Å². The molecule has 0 aliphatic heterocycles. The number of sulfonamides is 1. The van der Waals surface area contributed by atoms with E-state index in [0.717, 1.165) is 22.5 Å². The maximum Gasteiger partial charge on any atom is 0.240 e. The molecule has 0 spiro atoms. The molecule has 0 fully saturated rings. The highest BCUT2D eigenvalue weighted by atomic mass is 32.2.